The minimum atomic E-state index is -0.545. The van der Waals surface area contributed by atoms with E-state index in [9.17, 15) is 4.39 Å². The molecule has 200 valence electrons. The van der Waals surface area contributed by atoms with Crippen LogP contribution in [-0.2, 0) is 7.05 Å². The third kappa shape index (κ3) is 4.50. The molecule has 3 aromatic heterocycles. The first-order valence-corrected chi connectivity index (χ1v) is 12.3. The molecule has 13 heteroatoms. The predicted molar refractivity (Wildman–Crippen MR) is 142 cm³/mol. The van der Waals surface area contributed by atoms with E-state index in [0.29, 0.717) is 33.9 Å². The Morgan fingerprint density at radius 2 is 1.85 bits per heavy atom. The van der Waals surface area contributed by atoms with E-state index in [1.54, 1.807) is 39.3 Å². The highest BCUT2D eigenvalue weighted by atomic mass is 19.1. The lowest BCUT2D eigenvalue weighted by molar-refractivity contribution is 0.411. The number of ether oxygens (including phenoxy) is 2. The van der Waals surface area contributed by atoms with Crippen LogP contribution >= 0.6 is 0 Å². The van der Waals surface area contributed by atoms with Gasteiger partial charge >= 0.3 is 0 Å². The summed E-state index contributed by atoms with van der Waals surface area (Å²) >= 11 is 0. The van der Waals surface area contributed by atoms with Gasteiger partial charge in [-0.1, -0.05) is 5.21 Å². The summed E-state index contributed by atoms with van der Waals surface area (Å²) in [5.41, 5.74) is 2.04. The van der Waals surface area contributed by atoms with Gasteiger partial charge in [-0.15, -0.1) is 5.10 Å². The maximum absolute atomic E-state index is 15.5. The van der Waals surface area contributed by atoms with Gasteiger partial charge in [0.1, 0.15) is 34.4 Å². The molecule has 1 fully saturated rings. The summed E-state index contributed by atoms with van der Waals surface area (Å²) in [4.78, 5) is 15.6. The number of halogens is 2. The number of hydrogen-bond donors (Lipinski definition) is 2. The van der Waals surface area contributed by atoms with E-state index in [2.05, 4.69) is 35.8 Å². The number of pyridine rings is 1. The molecule has 0 saturated carbocycles. The van der Waals surface area contributed by atoms with Gasteiger partial charge in [0.2, 0.25) is 0 Å². The molecule has 1 saturated heterocycles. The lowest BCUT2D eigenvalue weighted by Crippen LogP contribution is -2.44. The number of piperazine rings is 1. The number of rotatable bonds is 6. The Hall–Kier alpha value is -4.65. The second-order valence-electron chi connectivity index (χ2n) is 9.10. The van der Waals surface area contributed by atoms with Crippen molar-refractivity contribution in [2.75, 3.05) is 43.5 Å². The van der Waals surface area contributed by atoms with Crippen LogP contribution in [-0.4, -0.2) is 63.2 Å². The molecule has 0 radical (unpaired) electrons. The molecule has 5 aromatic rings. The molecule has 0 bridgehead atoms. The summed E-state index contributed by atoms with van der Waals surface area (Å²) < 4.78 is 42.8. The zero-order valence-corrected chi connectivity index (χ0v) is 21.5. The van der Waals surface area contributed by atoms with Gasteiger partial charge < -0.3 is 25.0 Å². The zero-order valence-electron chi connectivity index (χ0n) is 21.5. The molecule has 4 heterocycles. The highest BCUT2D eigenvalue weighted by Crippen LogP contribution is 2.35. The summed E-state index contributed by atoms with van der Waals surface area (Å²) in [5.74, 6) is 0.968. The second-order valence-corrected chi connectivity index (χ2v) is 9.10. The zero-order chi connectivity index (χ0) is 27.1. The smallest absolute Gasteiger partial charge is 0.172 e. The van der Waals surface area contributed by atoms with E-state index in [1.807, 2.05) is 0 Å². The monoisotopic (exact) mass is 533 g/mol. The highest BCUT2D eigenvalue weighted by molar-refractivity contribution is 5.90. The maximum atomic E-state index is 15.5. The van der Waals surface area contributed by atoms with Gasteiger partial charge in [0.15, 0.2) is 29.0 Å². The number of fused-ring (bicyclic) bond motifs is 2. The van der Waals surface area contributed by atoms with E-state index in [4.69, 9.17) is 14.5 Å². The van der Waals surface area contributed by atoms with E-state index in [-0.39, 0.29) is 28.3 Å². The SMILES string of the molecule is COc1cc2ncnc(Nc3ccc(Oc4cc(F)c5c(c4)nnn5C)c(C)c3F)c2nc1N1CCNCC1. The average Bonchev–Trinajstić information content (AvgIpc) is 3.33. The van der Waals surface area contributed by atoms with Crippen LogP contribution in [0.1, 0.15) is 5.56 Å². The van der Waals surface area contributed by atoms with Crippen molar-refractivity contribution in [3.63, 3.8) is 0 Å². The van der Waals surface area contributed by atoms with Gasteiger partial charge in [-0.05, 0) is 19.1 Å². The molecule has 2 aromatic carbocycles. The minimum absolute atomic E-state index is 0.178. The fourth-order valence-corrected chi connectivity index (χ4v) is 4.61. The highest BCUT2D eigenvalue weighted by Gasteiger charge is 2.21. The average molecular weight is 534 g/mol. The number of hydrogen-bond acceptors (Lipinski definition) is 10. The summed E-state index contributed by atoms with van der Waals surface area (Å²) in [6.07, 6.45) is 1.38. The number of nitrogens with one attached hydrogen (secondary N) is 2. The Kier molecular flexibility index (Phi) is 6.27. The molecule has 0 spiro atoms. The Balaban J connectivity index is 1.32. The van der Waals surface area contributed by atoms with Crippen molar-refractivity contribution in [3.8, 4) is 17.2 Å². The van der Waals surface area contributed by atoms with Crippen LogP contribution in [0.2, 0.25) is 0 Å². The van der Waals surface area contributed by atoms with Crippen molar-refractivity contribution in [1.82, 2.24) is 35.3 Å². The fraction of sp³-hybridized carbons (Fsp3) is 0.269. The van der Waals surface area contributed by atoms with Gasteiger partial charge in [-0.25, -0.2) is 28.4 Å². The third-order valence-electron chi connectivity index (χ3n) is 6.64. The van der Waals surface area contributed by atoms with E-state index in [0.717, 1.165) is 26.2 Å². The topological polar surface area (TPSA) is 115 Å². The van der Waals surface area contributed by atoms with Crippen molar-refractivity contribution in [2.24, 2.45) is 7.05 Å². The first kappa shape index (κ1) is 24.7. The molecule has 0 amide bonds. The molecule has 1 aliphatic rings. The fourth-order valence-electron chi connectivity index (χ4n) is 4.61. The summed E-state index contributed by atoms with van der Waals surface area (Å²) in [6.45, 7) is 4.79. The molecular weight excluding hydrogens is 508 g/mol. The molecule has 39 heavy (non-hydrogen) atoms. The number of anilines is 3. The molecule has 6 rings (SSSR count). The van der Waals surface area contributed by atoms with Crippen molar-refractivity contribution in [3.05, 3.63) is 53.9 Å². The van der Waals surface area contributed by atoms with Gasteiger partial charge in [-0.3, -0.25) is 0 Å². The second kappa shape index (κ2) is 9.91. The number of methoxy groups -OCH3 is 1. The first-order valence-electron chi connectivity index (χ1n) is 12.3. The van der Waals surface area contributed by atoms with Crippen LogP contribution in [0.3, 0.4) is 0 Å². The van der Waals surface area contributed by atoms with Gasteiger partial charge in [0.25, 0.3) is 0 Å². The molecule has 2 N–H and O–H groups in total. The van der Waals surface area contributed by atoms with Crippen molar-refractivity contribution in [1.29, 1.82) is 0 Å². The molecular formula is C26H25F2N9O2. The summed E-state index contributed by atoms with van der Waals surface area (Å²) in [5, 5.41) is 14.1. The number of aryl methyl sites for hydroxylation is 1. The lowest BCUT2D eigenvalue weighted by atomic mass is 10.1. The lowest BCUT2D eigenvalue weighted by Gasteiger charge is -2.29. The number of aromatic nitrogens is 6. The van der Waals surface area contributed by atoms with Crippen molar-refractivity contribution in [2.45, 2.75) is 6.92 Å². The van der Waals surface area contributed by atoms with Gasteiger partial charge in [-0.2, -0.15) is 0 Å². The largest absolute Gasteiger partial charge is 0.493 e. The molecule has 11 nitrogen and oxygen atoms in total. The van der Waals surface area contributed by atoms with Crippen LogP contribution in [0.5, 0.6) is 17.2 Å². The van der Waals surface area contributed by atoms with Gasteiger partial charge in [0, 0.05) is 57.0 Å². The minimum Gasteiger partial charge on any atom is -0.493 e. The summed E-state index contributed by atoms with van der Waals surface area (Å²) in [7, 11) is 3.19. The third-order valence-corrected chi connectivity index (χ3v) is 6.64. The normalized spacial score (nSPS) is 13.7. The number of benzene rings is 2. The predicted octanol–water partition coefficient (Wildman–Crippen LogP) is 3.85. The van der Waals surface area contributed by atoms with Crippen LogP contribution in [0.15, 0.2) is 36.7 Å². The quantitative estimate of drug-likeness (QED) is 0.334. The van der Waals surface area contributed by atoms with Crippen LogP contribution in [0.4, 0.5) is 26.1 Å². The molecule has 0 aliphatic carbocycles. The Bertz CT molecular complexity index is 1700. The van der Waals surface area contributed by atoms with Crippen molar-refractivity contribution >= 4 is 39.4 Å². The molecule has 0 unspecified atom stereocenters. The summed E-state index contributed by atoms with van der Waals surface area (Å²) in [6, 6.07) is 7.71. The Morgan fingerprint density at radius 1 is 1.03 bits per heavy atom. The van der Waals surface area contributed by atoms with E-state index < -0.39 is 11.6 Å². The van der Waals surface area contributed by atoms with Crippen molar-refractivity contribution < 1.29 is 18.3 Å². The number of nitrogens with zero attached hydrogens (tertiary/aromatic N) is 7. The van der Waals surface area contributed by atoms with Crippen LogP contribution in [0, 0.1) is 18.6 Å². The van der Waals surface area contributed by atoms with E-state index >= 15 is 4.39 Å². The standard InChI is InChI=1S/C26H25F2N9O2/c1-14-20(39-15-10-16(27)24-19(11-15)34-35-36(24)2)5-4-17(22(14)28)32-25-23-18(30-13-31-25)12-21(38-3)26(33-23)37-8-6-29-7-9-37/h4-5,10-13,29H,6-9H2,1-3H3,(H,30,31,32). The molecule has 0 atom stereocenters. The maximum Gasteiger partial charge on any atom is 0.172 e. The first-order chi connectivity index (χ1) is 18.9. The van der Waals surface area contributed by atoms with E-state index in [1.165, 1.54) is 23.1 Å². The molecule has 1 aliphatic heterocycles. The Morgan fingerprint density at radius 3 is 2.64 bits per heavy atom. The van der Waals surface area contributed by atoms with Crippen LogP contribution < -0.4 is 25.0 Å². The Labute approximate surface area is 221 Å². The van der Waals surface area contributed by atoms with Crippen LogP contribution in [0.25, 0.3) is 22.1 Å². The van der Waals surface area contributed by atoms with Gasteiger partial charge in [0.05, 0.1) is 18.3 Å².